The summed E-state index contributed by atoms with van der Waals surface area (Å²) in [4.78, 5) is 0.195. The van der Waals surface area contributed by atoms with Gasteiger partial charge in [-0.2, -0.15) is 0 Å². The summed E-state index contributed by atoms with van der Waals surface area (Å²) < 4.78 is 29.4. The van der Waals surface area contributed by atoms with E-state index in [1.165, 1.54) is 0 Å². The fourth-order valence-electron chi connectivity index (χ4n) is 1.41. The van der Waals surface area contributed by atoms with E-state index in [4.69, 9.17) is 0 Å². The highest BCUT2D eigenvalue weighted by molar-refractivity contribution is 14.1. The zero-order valence-electron chi connectivity index (χ0n) is 9.40. The van der Waals surface area contributed by atoms with Crippen molar-refractivity contribution in [3.8, 4) is 0 Å². The molecule has 0 aliphatic heterocycles. The minimum atomic E-state index is -3.61. The quantitative estimate of drug-likeness (QED) is 0.605. The van der Waals surface area contributed by atoms with Crippen LogP contribution in [0.15, 0.2) is 56.3 Å². The van der Waals surface area contributed by atoms with Crippen molar-refractivity contribution in [1.82, 2.24) is 0 Å². The maximum atomic E-state index is 12.3. The van der Waals surface area contributed by atoms with Gasteiger partial charge in [-0.1, -0.05) is 15.9 Å². The van der Waals surface area contributed by atoms with Crippen molar-refractivity contribution in [2.45, 2.75) is 4.90 Å². The molecule has 0 saturated heterocycles. The van der Waals surface area contributed by atoms with Crippen molar-refractivity contribution in [3.63, 3.8) is 0 Å². The highest BCUT2D eigenvalue weighted by atomic mass is 127. The predicted molar refractivity (Wildman–Crippen MR) is 91.8 cm³/mol. The van der Waals surface area contributed by atoms with Crippen molar-refractivity contribution in [3.05, 3.63) is 55.0 Å². The average molecular weight is 517 g/mol. The number of sulfonamides is 1. The molecule has 3 nitrogen and oxygen atoms in total. The number of halogens is 3. The Balaban J connectivity index is 2.37. The van der Waals surface area contributed by atoms with Crippen molar-refractivity contribution in [1.29, 1.82) is 0 Å². The number of hydrogen-bond acceptors (Lipinski definition) is 2. The maximum Gasteiger partial charge on any atom is 0.263 e. The molecular weight excluding hydrogens is 509 g/mol. The van der Waals surface area contributed by atoms with E-state index < -0.39 is 10.0 Å². The normalized spacial score (nSPS) is 11.3. The first-order valence-corrected chi connectivity index (χ1v) is 9.27. The summed E-state index contributed by atoms with van der Waals surface area (Å²) >= 11 is 8.68. The van der Waals surface area contributed by atoms with E-state index in [1.807, 2.05) is 12.1 Å². The molecule has 7 heteroatoms. The Kier molecular flexibility index (Phi) is 4.91. The summed E-state index contributed by atoms with van der Waals surface area (Å²) in [5.74, 6) is 0. The van der Waals surface area contributed by atoms with Gasteiger partial charge in [0.05, 0.1) is 0 Å². The summed E-state index contributed by atoms with van der Waals surface area (Å²) in [6.45, 7) is 0. The fourth-order valence-corrected chi connectivity index (χ4v) is 4.33. The molecule has 2 rings (SSSR count). The van der Waals surface area contributed by atoms with Gasteiger partial charge in [0, 0.05) is 18.2 Å². The number of hydrogen-bond donors (Lipinski definition) is 1. The molecule has 0 spiro atoms. The molecule has 19 heavy (non-hydrogen) atoms. The van der Waals surface area contributed by atoms with E-state index in [1.54, 1.807) is 30.3 Å². The molecule has 0 atom stereocenters. The smallest absolute Gasteiger partial charge is 0.263 e. The van der Waals surface area contributed by atoms with Crippen LogP contribution in [0, 0.1) is 3.57 Å². The molecule has 0 saturated carbocycles. The molecule has 100 valence electrons. The van der Waals surface area contributed by atoms with Gasteiger partial charge in [0.2, 0.25) is 0 Å². The van der Waals surface area contributed by atoms with Crippen LogP contribution in [0.25, 0.3) is 0 Å². The van der Waals surface area contributed by atoms with Gasteiger partial charge in [-0.05, 0) is 81.0 Å². The summed E-state index contributed by atoms with van der Waals surface area (Å²) in [6.07, 6.45) is 0. The average Bonchev–Trinajstić information content (AvgIpc) is 2.35. The second kappa shape index (κ2) is 6.11. The Morgan fingerprint density at radius 3 is 2.26 bits per heavy atom. The predicted octanol–water partition coefficient (Wildman–Crippen LogP) is 4.62. The van der Waals surface area contributed by atoms with Gasteiger partial charge in [-0.15, -0.1) is 0 Å². The van der Waals surface area contributed by atoms with E-state index >= 15 is 0 Å². The Morgan fingerprint density at radius 1 is 1.00 bits per heavy atom. The van der Waals surface area contributed by atoms with Gasteiger partial charge in [0.1, 0.15) is 4.90 Å². The number of anilines is 1. The second-order valence-corrected chi connectivity index (χ2v) is 8.35. The van der Waals surface area contributed by atoms with Crippen LogP contribution in [0.3, 0.4) is 0 Å². The van der Waals surface area contributed by atoms with Gasteiger partial charge < -0.3 is 0 Å². The van der Waals surface area contributed by atoms with Crippen molar-refractivity contribution >= 4 is 70.2 Å². The highest BCUT2D eigenvalue weighted by Gasteiger charge is 2.18. The van der Waals surface area contributed by atoms with Crippen molar-refractivity contribution < 1.29 is 8.42 Å². The first-order chi connectivity index (χ1) is 8.88. The summed E-state index contributed by atoms with van der Waals surface area (Å²) in [5.41, 5.74) is 0.535. The van der Waals surface area contributed by atoms with Crippen LogP contribution in [0.1, 0.15) is 0 Å². The summed E-state index contributed by atoms with van der Waals surface area (Å²) in [6, 6.07) is 12.2. The van der Waals surface area contributed by atoms with Gasteiger partial charge in [0.15, 0.2) is 0 Å². The highest BCUT2D eigenvalue weighted by Crippen LogP contribution is 2.27. The van der Waals surface area contributed by atoms with Crippen molar-refractivity contribution in [2.24, 2.45) is 0 Å². The number of benzene rings is 2. The molecule has 0 bridgehead atoms. The Bertz CT molecular complexity index is 702. The number of nitrogens with one attached hydrogen (secondary N) is 1. The number of rotatable bonds is 3. The lowest BCUT2D eigenvalue weighted by atomic mass is 10.3. The van der Waals surface area contributed by atoms with Crippen LogP contribution in [0.4, 0.5) is 5.69 Å². The molecule has 2 aromatic rings. The standard InChI is InChI=1S/C12H8Br2INO2S/c13-8-1-6-11(14)12(7-8)19(17,18)16-10-4-2-9(15)3-5-10/h1-7,16H. The molecule has 0 amide bonds. The van der Waals surface area contributed by atoms with Crippen LogP contribution in [-0.4, -0.2) is 8.42 Å². The maximum absolute atomic E-state index is 12.3. The van der Waals surface area contributed by atoms with Crippen LogP contribution < -0.4 is 4.72 Å². The second-order valence-electron chi connectivity index (χ2n) is 3.69. The minimum absolute atomic E-state index is 0.195. The Labute approximate surface area is 142 Å². The van der Waals surface area contributed by atoms with Gasteiger partial charge in [-0.25, -0.2) is 8.42 Å². The third-order valence-corrected chi connectivity index (χ3v) is 5.87. The lowest BCUT2D eigenvalue weighted by Crippen LogP contribution is -2.13. The molecule has 0 fully saturated rings. The SMILES string of the molecule is O=S(=O)(Nc1ccc(I)cc1)c1cc(Br)ccc1Br. The minimum Gasteiger partial charge on any atom is -0.280 e. The van der Waals surface area contributed by atoms with Crippen LogP contribution >= 0.6 is 54.5 Å². The van der Waals surface area contributed by atoms with Crippen molar-refractivity contribution in [2.75, 3.05) is 4.72 Å². The van der Waals surface area contributed by atoms with E-state index in [0.717, 1.165) is 3.57 Å². The lowest BCUT2D eigenvalue weighted by Gasteiger charge is -2.10. The lowest BCUT2D eigenvalue weighted by molar-refractivity contribution is 0.600. The molecule has 0 heterocycles. The molecule has 1 N–H and O–H groups in total. The van der Waals surface area contributed by atoms with Gasteiger partial charge >= 0.3 is 0 Å². The molecular formula is C12H8Br2INO2S. The molecule has 0 radical (unpaired) electrons. The van der Waals surface area contributed by atoms with E-state index in [0.29, 0.717) is 14.6 Å². The van der Waals surface area contributed by atoms with Crippen LogP contribution in [-0.2, 0) is 10.0 Å². The third kappa shape index (κ3) is 3.93. The molecule has 0 aliphatic rings. The van der Waals surface area contributed by atoms with Gasteiger partial charge in [0.25, 0.3) is 10.0 Å². The first-order valence-electron chi connectivity index (χ1n) is 5.12. The van der Waals surface area contributed by atoms with Gasteiger partial charge in [-0.3, -0.25) is 4.72 Å². The van der Waals surface area contributed by atoms with E-state index in [9.17, 15) is 8.42 Å². The zero-order valence-corrected chi connectivity index (χ0v) is 15.5. The summed E-state index contributed by atoms with van der Waals surface area (Å²) in [7, 11) is -3.61. The van der Waals surface area contributed by atoms with Crippen LogP contribution in [0.5, 0.6) is 0 Å². The fraction of sp³-hybridized carbons (Fsp3) is 0. The first kappa shape index (κ1) is 15.3. The molecule has 0 unspecified atom stereocenters. The Morgan fingerprint density at radius 2 is 1.63 bits per heavy atom. The zero-order chi connectivity index (χ0) is 14.0. The van der Waals surface area contributed by atoms with E-state index in [2.05, 4.69) is 59.2 Å². The molecule has 0 aliphatic carbocycles. The molecule has 2 aromatic carbocycles. The van der Waals surface area contributed by atoms with Crippen LogP contribution in [0.2, 0.25) is 0 Å². The topological polar surface area (TPSA) is 46.2 Å². The third-order valence-electron chi connectivity index (χ3n) is 2.28. The summed E-state index contributed by atoms with van der Waals surface area (Å²) in [5, 5.41) is 0. The monoisotopic (exact) mass is 515 g/mol. The van der Waals surface area contributed by atoms with E-state index in [-0.39, 0.29) is 4.90 Å². The molecule has 0 aromatic heterocycles. The Hall–Kier alpha value is -0.120. The largest absolute Gasteiger partial charge is 0.280 e.